The Hall–Kier alpha value is -3.57. The zero-order valence-electron chi connectivity index (χ0n) is 18.4. The number of nitrogens with zero attached hydrogens (tertiary/aromatic N) is 3. The number of rotatable bonds is 5. The van der Waals surface area contributed by atoms with Crippen molar-refractivity contribution < 1.29 is 31.1 Å². The molecule has 2 atom stereocenters. The van der Waals surface area contributed by atoms with Crippen molar-refractivity contribution in [1.82, 2.24) is 14.9 Å². The van der Waals surface area contributed by atoms with Crippen molar-refractivity contribution in [2.24, 2.45) is 0 Å². The molecule has 3 heterocycles. The van der Waals surface area contributed by atoms with Gasteiger partial charge in [0.2, 0.25) is 5.43 Å². The highest BCUT2D eigenvalue weighted by atomic mass is 19.4. The summed E-state index contributed by atoms with van der Waals surface area (Å²) in [7, 11) is 0. The SMILES string of the molecule is CC[C@@H](NC(=O)c1cn(-c2ccc(F)cc2F)c2nc(N3CC[C@H](F)C3)ccc2c1=O)C(F)(F)F. The largest absolute Gasteiger partial charge is 0.408 e. The van der Waals surface area contributed by atoms with Crippen LogP contribution >= 0.6 is 0 Å². The van der Waals surface area contributed by atoms with E-state index in [2.05, 4.69) is 4.98 Å². The van der Waals surface area contributed by atoms with Crippen LogP contribution in [0, 0.1) is 11.6 Å². The number of pyridine rings is 2. The number of halogens is 6. The number of nitrogens with one attached hydrogen (secondary N) is 1. The van der Waals surface area contributed by atoms with Crippen LogP contribution in [-0.2, 0) is 0 Å². The minimum Gasteiger partial charge on any atom is -0.354 e. The standard InChI is InChI=1S/C23H20F6N4O2/c1-2-18(23(27,28)29)30-22(35)15-11-33(17-5-3-12(24)9-16(17)26)21-14(20(15)34)4-6-19(31-21)32-8-7-13(25)10-32/h3-6,9,11,13,18H,2,7-8,10H2,1H3,(H,30,35)/t13-,18+/m0/s1. The van der Waals surface area contributed by atoms with Gasteiger partial charge in [0.15, 0.2) is 5.65 Å². The summed E-state index contributed by atoms with van der Waals surface area (Å²) >= 11 is 0. The van der Waals surface area contributed by atoms with Crippen molar-refractivity contribution in [2.75, 3.05) is 18.0 Å². The first kappa shape index (κ1) is 24.6. The highest BCUT2D eigenvalue weighted by molar-refractivity contribution is 5.97. The minimum absolute atomic E-state index is 0.0595. The van der Waals surface area contributed by atoms with Crippen molar-refractivity contribution in [1.29, 1.82) is 0 Å². The van der Waals surface area contributed by atoms with Crippen LogP contribution in [0.1, 0.15) is 30.1 Å². The van der Waals surface area contributed by atoms with E-state index in [0.29, 0.717) is 12.6 Å². The molecule has 1 aliphatic heterocycles. The topological polar surface area (TPSA) is 67.2 Å². The van der Waals surface area contributed by atoms with Crippen LogP contribution in [0.3, 0.4) is 0 Å². The molecule has 4 rings (SSSR count). The number of aromatic nitrogens is 2. The molecule has 0 spiro atoms. The molecule has 1 aliphatic rings. The second-order valence-corrected chi connectivity index (χ2v) is 8.19. The van der Waals surface area contributed by atoms with Gasteiger partial charge in [0.05, 0.1) is 17.6 Å². The number of alkyl halides is 4. The molecule has 6 nitrogen and oxygen atoms in total. The number of carbonyl (C=O) groups excluding carboxylic acids is 1. The molecule has 2 aromatic heterocycles. The summed E-state index contributed by atoms with van der Waals surface area (Å²) in [6.45, 7) is 1.63. The molecule has 0 aliphatic carbocycles. The molecule has 1 N–H and O–H groups in total. The lowest BCUT2D eigenvalue weighted by atomic mass is 10.1. The lowest BCUT2D eigenvalue weighted by Gasteiger charge is -2.21. The van der Waals surface area contributed by atoms with Gasteiger partial charge in [-0.25, -0.2) is 18.2 Å². The molecule has 1 fully saturated rings. The molecule has 1 saturated heterocycles. The van der Waals surface area contributed by atoms with Crippen LogP contribution in [0.2, 0.25) is 0 Å². The highest BCUT2D eigenvalue weighted by Crippen LogP contribution is 2.26. The van der Waals surface area contributed by atoms with E-state index in [1.165, 1.54) is 19.1 Å². The van der Waals surface area contributed by atoms with E-state index in [1.54, 1.807) is 10.2 Å². The second kappa shape index (κ2) is 9.23. The average molecular weight is 498 g/mol. The van der Waals surface area contributed by atoms with Crippen LogP contribution in [0.25, 0.3) is 16.7 Å². The first-order valence-electron chi connectivity index (χ1n) is 10.8. The van der Waals surface area contributed by atoms with Gasteiger partial charge in [-0.2, -0.15) is 13.2 Å². The smallest absolute Gasteiger partial charge is 0.354 e. The van der Waals surface area contributed by atoms with Crippen molar-refractivity contribution in [2.45, 2.75) is 38.2 Å². The van der Waals surface area contributed by atoms with Gasteiger partial charge in [0.25, 0.3) is 5.91 Å². The Morgan fingerprint density at radius 2 is 1.97 bits per heavy atom. The Bertz CT molecular complexity index is 1340. The Morgan fingerprint density at radius 1 is 1.23 bits per heavy atom. The number of amides is 1. The van der Waals surface area contributed by atoms with E-state index in [-0.39, 0.29) is 35.5 Å². The summed E-state index contributed by atoms with van der Waals surface area (Å²) in [4.78, 5) is 31.8. The number of benzene rings is 1. The number of hydrogen-bond donors (Lipinski definition) is 1. The summed E-state index contributed by atoms with van der Waals surface area (Å²) in [5, 5.41) is 1.61. The fourth-order valence-corrected chi connectivity index (χ4v) is 3.97. The van der Waals surface area contributed by atoms with Crippen LogP contribution in [-0.4, -0.2) is 46.9 Å². The van der Waals surface area contributed by atoms with Crippen molar-refractivity contribution in [3.05, 3.63) is 63.9 Å². The summed E-state index contributed by atoms with van der Waals surface area (Å²) < 4.78 is 82.5. The predicted octanol–water partition coefficient (Wildman–Crippen LogP) is 4.28. The lowest BCUT2D eigenvalue weighted by molar-refractivity contribution is -0.153. The van der Waals surface area contributed by atoms with E-state index in [9.17, 15) is 35.9 Å². The van der Waals surface area contributed by atoms with E-state index >= 15 is 0 Å². The number of hydrogen-bond acceptors (Lipinski definition) is 4. The highest BCUT2D eigenvalue weighted by Gasteiger charge is 2.39. The average Bonchev–Trinajstić information content (AvgIpc) is 3.23. The molecule has 0 unspecified atom stereocenters. The van der Waals surface area contributed by atoms with Gasteiger partial charge in [-0.05, 0) is 37.1 Å². The maximum atomic E-state index is 14.7. The molecule has 0 bridgehead atoms. The zero-order valence-corrected chi connectivity index (χ0v) is 18.4. The Labute approximate surface area is 195 Å². The molecule has 0 saturated carbocycles. The van der Waals surface area contributed by atoms with Gasteiger partial charge >= 0.3 is 6.18 Å². The molecular formula is C23H20F6N4O2. The summed E-state index contributed by atoms with van der Waals surface area (Å²) in [5.41, 5.74) is -2.01. The molecule has 1 amide bonds. The molecular weight excluding hydrogens is 478 g/mol. The van der Waals surface area contributed by atoms with Gasteiger partial charge in [-0.3, -0.25) is 14.2 Å². The third kappa shape index (κ3) is 4.82. The predicted molar refractivity (Wildman–Crippen MR) is 117 cm³/mol. The lowest BCUT2D eigenvalue weighted by Crippen LogP contribution is -2.46. The quantitative estimate of drug-likeness (QED) is 0.534. The van der Waals surface area contributed by atoms with Crippen molar-refractivity contribution >= 4 is 22.8 Å². The normalized spacial score (nSPS) is 17.1. The van der Waals surface area contributed by atoms with E-state index < -0.39 is 53.3 Å². The van der Waals surface area contributed by atoms with Crippen LogP contribution in [0.5, 0.6) is 0 Å². The van der Waals surface area contributed by atoms with Gasteiger partial charge in [0.1, 0.15) is 35.2 Å². The maximum Gasteiger partial charge on any atom is 0.408 e. The van der Waals surface area contributed by atoms with Crippen LogP contribution < -0.4 is 15.6 Å². The van der Waals surface area contributed by atoms with Gasteiger partial charge in [-0.15, -0.1) is 0 Å². The fraction of sp³-hybridized carbons (Fsp3) is 0.348. The van der Waals surface area contributed by atoms with E-state index in [4.69, 9.17) is 0 Å². The summed E-state index contributed by atoms with van der Waals surface area (Å²) in [5.74, 6) is -2.96. The number of fused-ring (bicyclic) bond motifs is 1. The van der Waals surface area contributed by atoms with Gasteiger partial charge in [0, 0.05) is 18.8 Å². The third-order valence-electron chi connectivity index (χ3n) is 5.81. The number of anilines is 1. The Balaban J connectivity index is 1.90. The molecule has 1 aromatic carbocycles. The van der Waals surface area contributed by atoms with Crippen molar-refractivity contribution in [3.8, 4) is 5.69 Å². The third-order valence-corrected chi connectivity index (χ3v) is 5.81. The first-order chi connectivity index (χ1) is 16.5. The van der Waals surface area contributed by atoms with Gasteiger partial charge in [-0.1, -0.05) is 6.92 Å². The van der Waals surface area contributed by atoms with Crippen molar-refractivity contribution in [3.63, 3.8) is 0 Å². The molecule has 12 heteroatoms. The molecule has 35 heavy (non-hydrogen) atoms. The Morgan fingerprint density at radius 3 is 2.57 bits per heavy atom. The maximum absolute atomic E-state index is 14.7. The van der Waals surface area contributed by atoms with Crippen LogP contribution in [0.4, 0.5) is 32.2 Å². The van der Waals surface area contributed by atoms with E-state index in [1.807, 2.05) is 0 Å². The molecule has 186 valence electrons. The monoisotopic (exact) mass is 498 g/mol. The fourth-order valence-electron chi connectivity index (χ4n) is 3.97. The van der Waals surface area contributed by atoms with Gasteiger partial charge < -0.3 is 10.2 Å². The summed E-state index contributed by atoms with van der Waals surface area (Å²) in [6.07, 6.45) is -5.15. The Kier molecular flexibility index (Phi) is 6.48. The zero-order chi connectivity index (χ0) is 25.5. The first-order valence-corrected chi connectivity index (χ1v) is 10.8. The summed E-state index contributed by atoms with van der Waals surface area (Å²) in [6, 6.07) is 3.07. The number of carbonyl (C=O) groups is 1. The molecule has 3 aromatic rings. The van der Waals surface area contributed by atoms with E-state index in [0.717, 1.165) is 22.9 Å². The second-order valence-electron chi connectivity index (χ2n) is 8.19. The van der Waals surface area contributed by atoms with Crippen LogP contribution in [0.15, 0.2) is 41.3 Å². The molecule has 0 radical (unpaired) electrons. The minimum atomic E-state index is -4.75.